The van der Waals surface area contributed by atoms with E-state index in [1.54, 1.807) is 0 Å². The van der Waals surface area contributed by atoms with Crippen LogP contribution >= 0.6 is 0 Å². The van der Waals surface area contributed by atoms with Crippen LogP contribution in [0.3, 0.4) is 0 Å². The van der Waals surface area contributed by atoms with Crippen molar-refractivity contribution in [2.45, 2.75) is 45.6 Å². The summed E-state index contributed by atoms with van der Waals surface area (Å²) in [4.78, 5) is 7.67. The quantitative estimate of drug-likeness (QED) is 0.595. The number of nitrogens with one attached hydrogen (secondary N) is 1. The zero-order valence-corrected chi connectivity index (χ0v) is 13.3. The second kappa shape index (κ2) is 7.30. The number of hydrogen-bond acceptors (Lipinski definition) is 1. The van der Waals surface area contributed by atoms with Crippen molar-refractivity contribution in [3.8, 4) is 0 Å². The predicted molar refractivity (Wildman–Crippen MR) is 91.9 cm³/mol. The maximum Gasteiger partial charge on any atom is 0.106 e. The number of hydrogen-bond donors (Lipinski definition) is 1. The first-order chi connectivity index (χ1) is 10.9. The van der Waals surface area contributed by atoms with Crippen LogP contribution in [0.2, 0.25) is 0 Å². The lowest BCUT2D eigenvalue weighted by molar-refractivity contribution is 0.395. The topological polar surface area (TPSA) is 33.6 Å². The molecule has 0 fully saturated rings. The number of rotatable bonds is 8. The van der Waals surface area contributed by atoms with Gasteiger partial charge in [-0.05, 0) is 29.9 Å². The molecule has 0 aliphatic rings. The molecule has 0 radical (unpaired) electrons. The Bertz CT molecular complexity index is 682. The monoisotopic (exact) mass is 295 g/mol. The summed E-state index contributed by atoms with van der Waals surface area (Å²) in [5.41, 5.74) is 1.34. The van der Waals surface area contributed by atoms with Crippen LogP contribution in [0.25, 0.3) is 10.9 Å². The largest absolute Gasteiger partial charge is 0.349 e. The van der Waals surface area contributed by atoms with E-state index in [2.05, 4.69) is 58.0 Å². The van der Waals surface area contributed by atoms with Gasteiger partial charge >= 0.3 is 0 Å². The Morgan fingerprint density at radius 1 is 1.18 bits per heavy atom. The second-order valence-corrected chi connectivity index (χ2v) is 6.13. The highest BCUT2D eigenvalue weighted by Crippen LogP contribution is 2.21. The van der Waals surface area contributed by atoms with Gasteiger partial charge in [0.25, 0.3) is 0 Å². The standard InChI is InChI=1S/C19H25N3/c1-2-3-4-7-16(14-19-20-11-12-21-19)15-22-13-10-17-8-5-6-9-18(17)22/h5-6,8-13,16H,2-4,7,14-15H2,1H3,(H,20,21). The predicted octanol–water partition coefficient (Wildman–Crippen LogP) is 4.80. The molecule has 1 unspecified atom stereocenters. The molecule has 22 heavy (non-hydrogen) atoms. The minimum Gasteiger partial charge on any atom is -0.349 e. The Balaban J connectivity index is 1.73. The number of aromatic amines is 1. The average molecular weight is 295 g/mol. The normalized spacial score (nSPS) is 12.8. The van der Waals surface area contributed by atoms with E-state index in [0.29, 0.717) is 5.92 Å². The summed E-state index contributed by atoms with van der Waals surface area (Å²) in [7, 11) is 0. The van der Waals surface area contributed by atoms with Crippen LogP contribution in [0.15, 0.2) is 48.9 Å². The maximum absolute atomic E-state index is 4.41. The summed E-state index contributed by atoms with van der Waals surface area (Å²) in [5.74, 6) is 1.74. The summed E-state index contributed by atoms with van der Waals surface area (Å²) in [6, 6.07) is 10.8. The number of imidazole rings is 1. The molecule has 3 heteroatoms. The molecule has 2 aromatic heterocycles. The van der Waals surface area contributed by atoms with E-state index in [0.717, 1.165) is 18.8 Å². The molecular weight excluding hydrogens is 270 g/mol. The van der Waals surface area contributed by atoms with Crippen molar-refractivity contribution < 1.29 is 0 Å². The lowest BCUT2D eigenvalue weighted by atomic mass is 9.97. The number of H-pyrrole nitrogens is 1. The molecule has 3 rings (SSSR count). The zero-order chi connectivity index (χ0) is 15.2. The van der Waals surface area contributed by atoms with E-state index in [-0.39, 0.29) is 0 Å². The first kappa shape index (κ1) is 14.9. The molecule has 0 aliphatic heterocycles. The van der Waals surface area contributed by atoms with Crippen LogP contribution < -0.4 is 0 Å². The third-order valence-corrected chi connectivity index (χ3v) is 4.39. The third-order valence-electron chi connectivity index (χ3n) is 4.39. The number of para-hydroxylation sites is 1. The van der Waals surface area contributed by atoms with Gasteiger partial charge in [0, 0.05) is 37.1 Å². The average Bonchev–Trinajstić information content (AvgIpc) is 3.18. The van der Waals surface area contributed by atoms with Crippen LogP contribution in [0.1, 0.15) is 38.4 Å². The second-order valence-electron chi connectivity index (χ2n) is 6.13. The molecule has 0 amide bonds. The van der Waals surface area contributed by atoms with Gasteiger partial charge in [-0.15, -0.1) is 0 Å². The van der Waals surface area contributed by atoms with E-state index in [9.17, 15) is 0 Å². The van der Waals surface area contributed by atoms with Crippen molar-refractivity contribution in [2.24, 2.45) is 5.92 Å². The van der Waals surface area contributed by atoms with Crippen molar-refractivity contribution in [1.29, 1.82) is 0 Å². The lowest BCUT2D eigenvalue weighted by Crippen LogP contribution is -2.14. The summed E-state index contributed by atoms with van der Waals surface area (Å²) in [6.07, 6.45) is 12.2. The number of unbranched alkanes of at least 4 members (excludes halogenated alkanes) is 2. The highest BCUT2D eigenvalue weighted by Gasteiger charge is 2.13. The molecule has 1 atom stereocenters. The molecule has 1 N–H and O–H groups in total. The van der Waals surface area contributed by atoms with Gasteiger partial charge in [-0.2, -0.15) is 0 Å². The van der Waals surface area contributed by atoms with Gasteiger partial charge in [0.15, 0.2) is 0 Å². The van der Waals surface area contributed by atoms with E-state index in [1.807, 2.05) is 12.4 Å². The molecule has 116 valence electrons. The first-order valence-electron chi connectivity index (χ1n) is 8.39. The Kier molecular flexibility index (Phi) is 4.94. The summed E-state index contributed by atoms with van der Waals surface area (Å²) in [5, 5.41) is 1.33. The fraction of sp³-hybridized carbons (Fsp3) is 0.421. The zero-order valence-electron chi connectivity index (χ0n) is 13.3. The van der Waals surface area contributed by atoms with Crippen molar-refractivity contribution in [3.63, 3.8) is 0 Å². The van der Waals surface area contributed by atoms with Gasteiger partial charge in [-0.1, -0.05) is 44.4 Å². The van der Waals surface area contributed by atoms with Crippen LogP contribution in [-0.4, -0.2) is 14.5 Å². The highest BCUT2D eigenvalue weighted by molar-refractivity contribution is 5.79. The van der Waals surface area contributed by atoms with Crippen molar-refractivity contribution in [1.82, 2.24) is 14.5 Å². The SMILES string of the molecule is CCCCCC(Cc1ncc[nH]1)Cn1ccc2ccccc21. The molecule has 0 saturated heterocycles. The van der Waals surface area contributed by atoms with E-state index < -0.39 is 0 Å². The maximum atomic E-state index is 4.41. The molecule has 0 spiro atoms. The van der Waals surface area contributed by atoms with Crippen molar-refractivity contribution in [2.75, 3.05) is 0 Å². The molecule has 1 aromatic carbocycles. The number of nitrogens with zero attached hydrogens (tertiary/aromatic N) is 2. The molecule has 3 aromatic rings. The summed E-state index contributed by atoms with van der Waals surface area (Å²) >= 11 is 0. The molecule has 0 bridgehead atoms. The molecule has 0 aliphatic carbocycles. The first-order valence-corrected chi connectivity index (χ1v) is 8.39. The lowest BCUT2D eigenvalue weighted by Gasteiger charge is -2.17. The van der Waals surface area contributed by atoms with Crippen molar-refractivity contribution >= 4 is 10.9 Å². The molecule has 0 saturated carbocycles. The molecular formula is C19H25N3. The third kappa shape index (κ3) is 3.59. The smallest absolute Gasteiger partial charge is 0.106 e. The van der Waals surface area contributed by atoms with Gasteiger partial charge in [0.05, 0.1) is 0 Å². The fourth-order valence-corrected chi connectivity index (χ4v) is 3.20. The molecule has 2 heterocycles. The van der Waals surface area contributed by atoms with Crippen LogP contribution in [-0.2, 0) is 13.0 Å². The van der Waals surface area contributed by atoms with Gasteiger partial charge in [0.2, 0.25) is 0 Å². The molecule has 3 nitrogen and oxygen atoms in total. The number of aromatic nitrogens is 3. The van der Waals surface area contributed by atoms with Crippen LogP contribution in [0.5, 0.6) is 0 Å². The van der Waals surface area contributed by atoms with Gasteiger partial charge in [0.1, 0.15) is 5.82 Å². The highest BCUT2D eigenvalue weighted by atomic mass is 15.0. The Morgan fingerprint density at radius 3 is 2.91 bits per heavy atom. The summed E-state index contributed by atoms with van der Waals surface area (Å²) < 4.78 is 2.40. The minimum absolute atomic E-state index is 0.633. The van der Waals surface area contributed by atoms with Gasteiger partial charge in [-0.3, -0.25) is 0 Å². The van der Waals surface area contributed by atoms with Crippen LogP contribution in [0.4, 0.5) is 0 Å². The van der Waals surface area contributed by atoms with Gasteiger partial charge < -0.3 is 9.55 Å². The van der Waals surface area contributed by atoms with E-state index >= 15 is 0 Å². The van der Waals surface area contributed by atoms with Gasteiger partial charge in [-0.25, -0.2) is 4.98 Å². The number of benzene rings is 1. The fourth-order valence-electron chi connectivity index (χ4n) is 3.20. The minimum atomic E-state index is 0.633. The Morgan fingerprint density at radius 2 is 2.09 bits per heavy atom. The van der Waals surface area contributed by atoms with E-state index in [1.165, 1.54) is 36.6 Å². The van der Waals surface area contributed by atoms with E-state index in [4.69, 9.17) is 0 Å². The Labute approximate surface area is 132 Å². The Hall–Kier alpha value is -2.03. The number of fused-ring (bicyclic) bond motifs is 1. The van der Waals surface area contributed by atoms with Crippen molar-refractivity contribution in [3.05, 3.63) is 54.7 Å². The summed E-state index contributed by atoms with van der Waals surface area (Å²) in [6.45, 7) is 3.33. The van der Waals surface area contributed by atoms with Crippen LogP contribution in [0, 0.1) is 5.92 Å².